The molecule has 0 saturated carbocycles. The van der Waals surface area contributed by atoms with Crippen molar-refractivity contribution in [2.45, 2.75) is 64.5 Å². The van der Waals surface area contributed by atoms with Crippen molar-refractivity contribution >= 4 is 17.5 Å². The van der Waals surface area contributed by atoms with E-state index in [1.54, 1.807) is 12.3 Å². The lowest BCUT2D eigenvalue weighted by molar-refractivity contribution is -0.136. The Balaban J connectivity index is 1.21. The highest BCUT2D eigenvalue weighted by Crippen LogP contribution is 2.34. The largest absolute Gasteiger partial charge is 0.467 e. The molecule has 2 fully saturated rings. The lowest BCUT2D eigenvalue weighted by Crippen LogP contribution is -2.44. The van der Waals surface area contributed by atoms with Crippen molar-refractivity contribution < 1.29 is 14.0 Å². The quantitative estimate of drug-likeness (QED) is 0.690. The molecule has 1 atom stereocenters. The number of piperidine rings is 1. The van der Waals surface area contributed by atoms with Crippen molar-refractivity contribution in [2.24, 2.45) is 5.92 Å². The van der Waals surface area contributed by atoms with Crippen molar-refractivity contribution in [3.05, 3.63) is 53.5 Å². The van der Waals surface area contributed by atoms with Crippen LogP contribution in [0.4, 0.5) is 5.69 Å². The van der Waals surface area contributed by atoms with E-state index in [9.17, 15) is 9.59 Å². The van der Waals surface area contributed by atoms with Gasteiger partial charge in [-0.3, -0.25) is 9.59 Å². The first-order valence-corrected chi connectivity index (χ1v) is 12.6. The van der Waals surface area contributed by atoms with Crippen molar-refractivity contribution in [3.8, 4) is 0 Å². The highest BCUT2D eigenvalue weighted by Gasteiger charge is 2.33. The summed E-state index contributed by atoms with van der Waals surface area (Å²) in [5.41, 5.74) is 3.23. The van der Waals surface area contributed by atoms with Gasteiger partial charge in [0.15, 0.2) is 0 Å². The zero-order valence-corrected chi connectivity index (χ0v) is 19.7. The number of fused-ring (bicyclic) bond motifs is 1. The Morgan fingerprint density at radius 3 is 2.42 bits per heavy atom. The van der Waals surface area contributed by atoms with Crippen LogP contribution in [0.1, 0.15) is 67.1 Å². The summed E-state index contributed by atoms with van der Waals surface area (Å²) in [5.74, 6) is 1.11. The van der Waals surface area contributed by atoms with Crippen LogP contribution in [-0.2, 0) is 17.8 Å². The van der Waals surface area contributed by atoms with Gasteiger partial charge >= 0.3 is 0 Å². The Hall–Kier alpha value is -2.76. The maximum atomic E-state index is 13.4. The van der Waals surface area contributed by atoms with E-state index >= 15 is 0 Å². The molecule has 3 aliphatic rings. The topological polar surface area (TPSA) is 57.0 Å². The van der Waals surface area contributed by atoms with Crippen molar-refractivity contribution in [1.29, 1.82) is 0 Å². The molecule has 2 aromatic rings. The number of amides is 2. The lowest BCUT2D eigenvalue weighted by Gasteiger charge is -2.34. The fourth-order valence-corrected chi connectivity index (χ4v) is 5.73. The maximum absolute atomic E-state index is 13.4. The Kier molecular flexibility index (Phi) is 6.43. The van der Waals surface area contributed by atoms with Crippen LogP contribution in [0.2, 0.25) is 0 Å². The Labute approximate surface area is 196 Å². The molecule has 6 nitrogen and oxygen atoms in total. The fourth-order valence-electron chi connectivity index (χ4n) is 5.73. The summed E-state index contributed by atoms with van der Waals surface area (Å²) in [6.07, 6.45) is 8.84. The molecule has 3 aliphatic heterocycles. The first-order chi connectivity index (χ1) is 16.1. The zero-order chi connectivity index (χ0) is 22.8. The van der Waals surface area contributed by atoms with Gasteiger partial charge in [0, 0.05) is 43.8 Å². The predicted octanol–water partition coefficient (Wildman–Crippen LogP) is 4.49. The number of benzene rings is 1. The standard InChI is InChI=1S/C27H35N3O3/c1-20-18-22-8-4-5-9-24(22)30(20)19-25-23(12-17-33-25)27(32)29-15-10-21(11-16-29)26(31)28-13-6-2-3-7-14-28/h4-5,8-9,12,17,20-21H,2-3,6-7,10-11,13-16,18-19H2,1H3. The number of rotatable bonds is 4. The van der Waals surface area contributed by atoms with Crippen LogP contribution >= 0.6 is 0 Å². The molecule has 0 radical (unpaired) electrons. The maximum Gasteiger partial charge on any atom is 0.257 e. The van der Waals surface area contributed by atoms with Gasteiger partial charge in [-0.15, -0.1) is 0 Å². The number of carbonyl (C=O) groups excluding carboxylic acids is 2. The van der Waals surface area contributed by atoms with Gasteiger partial charge in [-0.25, -0.2) is 0 Å². The second kappa shape index (κ2) is 9.62. The van der Waals surface area contributed by atoms with Gasteiger partial charge in [-0.1, -0.05) is 31.0 Å². The molecule has 0 spiro atoms. The summed E-state index contributed by atoms with van der Waals surface area (Å²) in [6, 6.07) is 10.6. The first-order valence-electron chi connectivity index (χ1n) is 12.6. The van der Waals surface area contributed by atoms with Gasteiger partial charge in [-0.05, 0) is 56.7 Å². The van der Waals surface area contributed by atoms with Gasteiger partial charge in [0.2, 0.25) is 5.91 Å². The summed E-state index contributed by atoms with van der Waals surface area (Å²) < 4.78 is 5.80. The zero-order valence-electron chi connectivity index (χ0n) is 19.7. The molecule has 176 valence electrons. The third-order valence-electron chi connectivity index (χ3n) is 7.69. The van der Waals surface area contributed by atoms with Gasteiger partial charge in [-0.2, -0.15) is 0 Å². The van der Waals surface area contributed by atoms with Crippen LogP contribution in [0.15, 0.2) is 41.0 Å². The van der Waals surface area contributed by atoms with E-state index < -0.39 is 0 Å². The predicted molar refractivity (Wildman–Crippen MR) is 128 cm³/mol. The highest BCUT2D eigenvalue weighted by atomic mass is 16.3. The number of anilines is 1. The average Bonchev–Trinajstić information content (AvgIpc) is 3.31. The molecule has 0 N–H and O–H groups in total. The molecular weight excluding hydrogens is 414 g/mol. The molecular formula is C27H35N3O3. The van der Waals surface area contributed by atoms with Crippen molar-refractivity contribution in [3.63, 3.8) is 0 Å². The van der Waals surface area contributed by atoms with Crippen LogP contribution in [0.3, 0.4) is 0 Å². The molecule has 1 unspecified atom stereocenters. The summed E-state index contributed by atoms with van der Waals surface area (Å²) in [4.78, 5) is 32.7. The number of likely N-dealkylation sites (tertiary alicyclic amines) is 2. The summed E-state index contributed by atoms with van der Waals surface area (Å²) in [7, 11) is 0. The molecule has 33 heavy (non-hydrogen) atoms. The van der Waals surface area contributed by atoms with E-state index in [2.05, 4.69) is 41.0 Å². The molecule has 5 rings (SSSR count). The smallest absolute Gasteiger partial charge is 0.257 e. The molecule has 6 heteroatoms. The van der Waals surface area contributed by atoms with Crippen molar-refractivity contribution in [1.82, 2.24) is 9.80 Å². The number of furan rings is 1. The van der Waals surface area contributed by atoms with Crippen LogP contribution in [0, 0.1) is 5.92 Å². The molecule has 0 aliphatic carbocycles. The first kappa shape index (κ1) is 22.1. The third kappa shape index (κ3) is 4.53. The van der Waals surface area contributed by atoms with E-state index in [0.717, 1.165) is 51.0 Å². The molecule has 0 bridgehead atoms. The molecule has 2 amide bonds. The van der Waals surface area contributed by atoms with E-state index in [0.29, 0.717) is 37.1 Å². The number of hydrogen-bond acceptors (Lipinski definition) is 4. The Bertz CT molecular complexity index is 984. The molecule has 4 heterocycles. The monoisotopic (exact) mass is 449 g/mol. The summed E-state index contributed by atoms with van der Waals surface area (Å²) in [5, 5.41) is 0. The number of hydrogen-bond donors (Lipinski definition) is 0. The highest BCUT2D eigenvalue weighted by molar-refractivity contribution is 5.95. The minimum absolute atomic E-state index is 0.0274. The van der Waals surface area contributed by atoms with E-state index in [1.165, 1.54) is 24.1 Å². The van der Waals surface area contributed by atoms with E-state index in [1.807, 2.05) is 4.90 Å². The summed E-state index contributed by atoms with van der Waals surface area (Å²) in [6.45, 7) is 5.88. The average molecular weight is 450 g/mol. The molecule has 1 aromatic heterocycles. The van der Waals surface area contributed by atoms with Gasteiger partial charge < -0.3 is 19.1 Å². The van der Waals surface area contributed by atoms with Gasteiger partial charge in [0.1, 0.15) is 5.76 Å². The van der Waals surface area contributed by atoms with Crippen LogP contribution in [0.25, 0.3) is 0 Å². The Morgan fingerprint density at radius 2 is 1.67 bits per heavy atom. The fraction of sp³-hybridized carbons (Fsp3) is 0.556. The third-order valence-corrected chi connectivity index (χ3v) is 7.69. The Morgan fingerprint density at radius 1 is 0.939 bits per heavy atom. The summed E-state index contributed by atoms with van der Waals surface area (Å²) >= 11 is 0. The van der Waals surface area contributed by atoms with Crippen LogP contribution in [0.5, 0.6) is 0 Å². The second-order valence-electron chi connectivity index (χ2n) is 9.87. The van der Waals surface area contributed by atoms with Crippen LogP contribution in [-0.4, -0.2) is 53.8 Å². The van der Waals surface area contributed by atoms with Gasteiger partial charge in [0.05, 0.1) is 18.4 Å². The second-order valence-corrected chi connectivity index (χ2v) is 9.87. The number of nitrogens with zero attached hydrogens (tertiary/aromatic N) is 3. The molecule has 2 saturated heterocycles. The van der Waals surface area contributed by atoms with Gasteiger partial charge in [0.25, 0.3) is 5.91 Å². The van der Waals surface area contributed by atoms with Crippen molar-refractivity contribution in [2.75, 3.05) is 31.1 Å². The number of carbonyl (C=O) groups is 2. The normalized spacial score (nSPS) is 21.7. The van der Waals surface area contributed by atoms with E-state index in [4.69, 9.17) is 4.42 Å². The van der Waals surface area contributed by atoms with Crippen LogP contribution < -0.4 is 4.90 Å². The minimum atomic E-state index is 0.0274. The van der Waals surface area contributed by atoms with E-state index in [-0.39, 0.29) is 11.8 Å². The number of para-hydroxylation sites is 1. The SMILES string of the molecule is CC1Cc2ccccc2N1Cc1occc1C(=O)N1CCC(C(=O)N2CCCCCC2)CC1. The molecule has 1 aromatic carbocycles. The minimum Gasteiger partial charge on any atom is -0.467 e. The lowest BCUT2D eigenvalue weighted by atomic mass is 9.94.